The summed E-state index contributed by atoms with van der Waals surface area (Å²) in [6.45, 7) is 5.81. The minimum atomic E-state index is -1.09. The minimum Gasteiger partial charge on any atom is -0.465 e. The van der Waals surface area contributed by atoms with Gasteiger partial charge in [0.05, 0.1) is 24.8 Å². The predicted octanol–water partition coefficient (Wildman–Crippen LogP) is 1.58. The second kappa shape index (κ2) is 10.2. The lowest BCUT2D eigenvalue weighted by molar-refractivity contribution is -0.152. The third kappa shape index (κ3) is 4.96. The van der Waals surface area contributed by atoms with Gasteiger partial charge in [0.25, 0.3) is 0 Å². The van der Waals surface area contributed by atoms with E-state index in [1.165, 1.54) is 19.2 Å². The van der Waals surface area contributed by atoms with Gasteiger partial charge in [0.2, 0.25) is 17.7 Å². The van der Waals surface area contributed by atoms with E-state index >= 15 is 0 Å². The molecule has 2 unspecified atom stereocenters. The van der Waals surface area contributed by atoms with Crippen LogP contribution in [0, 0.1) is 11.8 Å². The Morgan fingerprint density at radius 2 is 2.03 bits per heavy atom. The van der Waals surface area contributed by atoms with Crippen molar-refractivity contribution in [3.8, 4) is 0 Å². The van der Waals surface area contributed by atoms with E-state index in [2.05, 4.69) is 10.3 Å². The number of nitrogens with two attached hydrogens (primary N) is 1. The van der Waals surface area contributed by atoms with Crippen LogP contribution in [0.25, 0.3) is 11.1 Å². The van der Waals surface area contributed by atoms with Crippen molar-refractivity contribution in [2.24, 2.45) is 17.6 Å². The lowest BCUT2D eigenvalue weighted by Crippen LogP contribution is -2.55. The van der Waals surface area contributed by atoms with Gasteiger partial charge < -0.3 is 25.0 Å². The first-order chi connectivity index (χ1) is 15.7. The molecule has 0 spiro atoms. The summed E-state index contributed by atoms with van der Waals surface area (Å²) in [6, 6.07) is 1.95. The molecular weight excluding hydrogens is 428 g/mol. The Kier molecular flexibility index (Phi) is 7.60. The Labute approximate surface area is 191 Å². The average Bonchev–Trinajstić information content (AvgIpc) is 3.49. The van der Waals surface area contributed by atoms with Crippen LogP contribution in [0.3, 0.4) is 0 Å². The number of benzene rings is 1. The van der Waals surface area contributed by atoms with Crippen LogP contribution in [0.4, 0.5) is 0 Å². The number of carbonyl (C=O) groups is 4. The molecule has 178 valence electrons. The fraction of sp³-hybridized carbons (Fsp3) is 0.522. The Balaban J connectivity index is 2.11. The highest BCUT2D eigenvalue weighted by molar-refractivity contribution is 6.01. The van der Waals surface area contributed by atoms with Crippen LogP contribution >= 0.6 is 0 Å². The summed E-state index contributed by atoms with van der Waals surface area (Å²) in [5.74, 6) is -2.64. The third-order valence-electron chi connectivity index (χ3n) is 5.91. The number of oxazole rings is 1. The molecule has 0 saturated carbocycles. The predicted molar refractivity (Wildman–Crippen MR) is 119 cm³/mol. The Morgan fingerprint density at radius 1 is 1.30 bits per heavy atom. The maximum Gasteiger partial charge on any atom is 0.337 e. The molecule has 4 atom stereocenters. The van der Waals surface area contributed by atoms with Crippen molar-refractivity contribution < 1.29 is 28.3 Å². The van der Waals surface area contributed by atoms with Gasteiger partial charge >= 0.3 is 5.97 Å². The van der Waals surface area contributed by atoms with E-state index in [0.29, 0.717) is 30.4 Å². The van der Waals surface area contributed by atoms with Crippen molar-refractivity contribution in [1.29, 1.82) is 0 Å². The van der Waals surface area contributed by atoms with Crippen LogP contribution < -0.4 is 11.1 Å². The SMILES string of the molecule is COC(=O)c1ccc2oc(C(C(C)C=O)N(C(=O)[C@@H]3CCCN3)C(=O)[C@@H](N)C(C)C)nc2c1. The lowest BCUT2D eigenvalue weighted by atomic mass is 9.96. The second-order valence-electron chi connectivity index (χ2n) is 8.63. The van der Waals surface area contributed by atoms with Crippen molar-refractivity contribution in [2.45, 2.75) is 51.7 Å². The number of ether oxygens (including phenoxy) is 1. The average molecular weight is 459 g/mol. The first-order valence-electron chi connectivity index (χ1n) is 11.0. The van der Waals surface area contributed by atoms with Crippen molar-refractivity contribution >= 4 is 35.2 Å². The molecule has 10 nitrogen and oxygen atoms in total. The van der Waals surface area contributed by atoms with Crippen LogP contribution in [0.1, 0.15) is 55.9 Å². The molecule has 33 heavy (non-hydrogen) atoms. The standard InChI is InChI=1S/C23H30N4O6/c1-12(2)18(24)22(30)27(21(29)15-6-5-9-25-15)19(13(3)11-28)20-26-16-10-14(23(31)32-4)7-8-17(16)33-20/h7-8,10-13,15,18-19,25H,5-6,9,24H2,1-4H3/t13?,15-,18-,19?/m0/s1. The van der Waals surface area contributed by atoms with Crippen LogP contribution in [0.15, 0.2) is 22.6 Å². The van der Waals surface area contributed by atoms with Crippen molar-refractivity contribution in [3.05, 3.63) is 29.7 Å². The smallest absolute Gasteiger partial charge is 0.337 e. The van der Waals surface area contributed by atoms with Crippen molar-refractivity contribution in [2.75, 3.05) is 13.7 Å². The number of hydrogen-bond acceptors (Lipinski definition) is 9. The molecule has 10 heteroatoms. The van der Waals surface area contributed by atoms with E-state index in [0.717, 1.165) is 11.3 Å². The molecule has 0 bridgehead atoms. The number of hydrogen-bond donors (Lipinski definition) is 2. The van der Waals surface area contributed by atoms with Gasteiger partial charge in [-0.25, -0.2) is 9.78 Å². The van der Waals surface area contributed by atoms with E-state index in [9.17, 15) is 19.2 Å². The maximum atomic E-state index is 13.5. The molecule has 0 radical (unpaired) electrons. The molecule has 1 aliphatic heterocycles. The first-order valence-corrected chi connectivity index (χ1v) is 11.0. The van der Waals surface area contributed by atoms with Gasteiger partial charge in [-0.05, 0) is 43.5 Å². The Hall–Kier alpha value is -3.11. The number of nitrogens with zero attached hydrogens (tertiary/aromatic N) is 2. The lowest BCUT2D eigenvalue weighted by Gasteiger charge is -2.34. The molecule has 1 aromatic carbocycles. The number of aromatic nitrogens is 1. The minimum absolute atomic E-state index is 0.0160. The van der Waals surface area contributed by atoms with Gasteiger partial charge in [0.15, 0.2) is 5.58 Å². The molecule has 1 fully saturated rings. The molecule has 0 aliphatic carbocycles. The largest absolute Gasteiger partial charge is 0.465 e. The van der Waals surface area contributed by atoms with E-state index < -0.39 is 41.8 Å². The number of aldehydes is 1. The molecular formula is C23H30N4O6. The summed E-state index contributed by atoms with van der Waals surface area (Å²) in [6.07, 6.45) is 2.01. The van der Waals surface area contributed by atoms with Crippen LogP contribution in [-0.4, -0.2) is 59.7 Å². The number of fused-ring (bicyclic) bond motifs is 1. The number of rotatable bonds is 8. The quantitative estimate of drug-likeness (QED) is 0.445. The summed E-state index contributed by atoms with van der Waals surface area (Å²) in [5, 5.41) is 3.10. The molecule has 2 heterocycles. The molecule has 3 N–H and O–H groups in total. The number of amides is 2. The Morgan fingerprint density at radius 3 is 2.61 bits per heavy atom. The maximum absolute atomic E-state index is 13.5. The topological polar surface area (TPSA) is 145 Å². The highest BCUT2D eigenvalue weighted by atomic mass is 16.5. The first kappa shape index (κ1) is 24.5. The normalized spacial score (nSPS) is 18.7. The van der Waals surface area contributed by atoms with Gasteiger partial charge in [-0.15, -0.1) is 0 Å². The molecule has 2 aromatic rings. The molecule has 3 rings (SSSR count). The fourth-order valence-electron chi connectivity index (χ4n) is 3.85. The highest BCUT2D eigenvalue weighted by Gasteiger charge is 2.43. The number of carbonyl (C=O) groups excluding carboxylic acids is 4. The van der Waals surface area contributed by atoms with Gasteiger partial charge in [-0.3, -0.25) is 14.5 Å². The van der Waals surface area contributed by atoms with Crippen LogP contribution in [-0.2, 0) is 19.1 Å². The van der Waals surface area contributed by atoms with Crippen molar-refractivity contribution in [3.63, 3.8) is 0 Å². The zero-order chi connectivity index (χ0) is 24.3. The summed E-state index contributed by atoms with van der Waals surface area (Å²) >= 11 is 0. The van der Waals surface area contributed by atoms with Crippen LogP contribution in [0.2, 0.25) is 0 Å². The highest BCUT2D eigenvalue weighted by Crippen LogP contribution is 2.32. The molecule has 1 aromatic heterocycles. The van der Waals surface area contributed by atoms with Gasteiger partial charge in [0, 0.05) is 5.92 Å². The van der Waals surface area contributed by atoms with Crippen molar-refractivity contribution in [1.82, 2.24) is 15.2 Å². The zero-order valence-electron chi connectivity index (χ0n) is 19.2. The van der Waals surface area contributed by atoms with E-state index in [1.807, 2.05) is 0 Å². The number of esters is 1. The zero-order valence-corrected chi connectivity index (χ0v) is 19.2. The van der Waals surface area contributed by atoms with Gasteiger partial charge in [0.1, 0.15) is 17.8 Å². The second-order valence-corrected chi connectivity index (χ2v) is 8.63. The molecule has 1 saturated heterocycles. The van der Waals surface area contributed by atoms with Gasteiger partial charge in [-0.1, -0.05) is 20.8 Å². The fourth-order valence-corrected chi connectivity index (χ4v) is 3.85. The Bertz CT molecular complexity index is 1030. The number of imide groups is 1. The van der Waals surface area contributed by atoms with E-state index in [1.54, 1.807) is 26.8 Å². The van der Waals surface area contributed by atoms with E-state index in [4.69, 9.17) is 14.9 Å². The summed E-state index contributed by atoms with van der Waals surface area (Å²) in [7, 11) is 1.27. The van der Waals surface area contributed by atoms with Gasteiger partial charge in [-0.2, -0.15) is 0 Å². The summed E-state index contributed by atoms with van der Waals surface area (Å²) in [4.78, 5) is 56.1. The van der Waals surface area contributed by atoms with E-state index in [-0.39, 0.29) is 17.4 Å². The monoisotopic (exact) mass is 458 g/mol. The molecule has 1 aliphatic rings. The summed E-state index contributed by atoms with van der Waals surface area (Å²) < 4.78 is 10.6. The number of nitrogens with one attached hydrogen (secondary N) is 1. The number of methoxy groups -OCH3 is 1. The molecule has 2 amide bonds. The third-order valence-corrected chi connectivity index (χ3v) is 5.91. The summed E-state index contributed by atoms with van der Waals surface area (Å²) in [5.41, 5.74) is 7.09. The van der Waals surface area contributed by atoms with Crippen LogP contribution in [0.5, 0.6) is 0 Å².